The quantitative estimate of drug-likeness (QED) is 0.857. The number of ether oxygens (including phenoxy) is 1. The Bertz CT molecular complexity index is 770. The molecule has 0 bridgehead atoms. The molecule has 0 aromatic carbocycles. The first-order valence-corrected chi connectivity index (χ1v) is 8.99. The summed E-state index contributed by atoms with van der Waals surface area (Å²) in [4.78, 5) is 15.0. The molecular weight excluding hydrogens is 318 g/mol. The van der Waals surface area contributed by atoms with Crippen molar-refractivity contribution in [2.24, 2.45) is 5.41 Å². The Balaban J connectivity index is 1.67. The molecule has 1 spiro atoms. The first-order valence-electron chi connectivity index (χ1n) is 8.99. The van der Waals surface area contributed by atoms with Crippen molar-refractivity contribution < 1.29 is 13.9 Å². The standard InChI is InChI=1S/C19H25N3O3/c1-13(2)22-11-15(10-20-22)17-19(5-8-24-9-6-19)12-21(17)18(23)16-4-7-25-14(16)3/h4,7,10-11,13,17H,5-6,8-9,12H2,1-3H3. The number of likely N-dealkylation sites (tertiary alicyclic amines) is 1. The van der Waals surface area contributed by atoms with Gasteiger partial charge in [-0.2, -0.15) is 5.10 Å². The monoisotopic (exact) mass is 343 g/mol. The Hall–Kier alpha value is -2.08. The van der Waals surface area contributed by atoms with Gasteiger partial charge in [-0.1, -0.05) is 0 Å². The van der Waals surface area contributed by atoms with E-state index in [1.54, 1.807) is 12.3 Å². The number of carbonyl (C=O) groups excluding carboxylic acids is 1. The fourth-order valence-corrected chi connectivity index (χ4v) is 4.21. The Labute approximate surface area is 147 Å². The van der Waals surface area contributed by atoms with E-state index in [4.69, 9.17) is 9.15 Å². The number of aryl methyl sites for hydroxylation is 1. The predicted octanol–water partition coefficient (Wildman–Crippen LogP) is 3.36. The zero-order chi connectivity index (χ0) is 17.6. The van der Waals surface area contributed by atoms with Crippen LogP contribution in [0.5, 0.6) is 0 Å². The maximum absolute atomic E-state index is 13.1. The molecule has 2 aromatic heterocycles. The van der Waals surface area contributed by atoms with Gasteiger partial charge in [-0.25, -0.2) is 0 Å². The number of amides is 1. The maximum Gasteiger partial charge on any atom is 0.257 e. The molecular formula is C19H25N3O3. The molecule has 1 amide bonds. The van der Waals surface area contributed by atoms with Crippen molar-refractivity contribution in [3.8, 4) is 0 Å². The molecule has 1 atom stereocenters. The molecule has 0 radical (unpaired) electrons. The molecule has 1 unspecified atom stereocenters. The Morgan fingerprint density at radius 3 is 2.72 bits per heavy atom. The van der Waals surface area contributed by atoms with Gasteiger partial charge in [-0.15, -0.1) is 0 Å². The summed E-state index contributed by atoms with van der Waals surface area (Å²) in [5.41, 5.74) is 1.88. The molecule has 2 saturated heterocycles. The van der Waals surface area contributed by atoms with Crippen molar-refractivity contribution in [1.29, 1.82) is 0 Å². The van der Waals surface area contributed by atoms with Gasteiger partial charge in [0.25, 0.3) is 5.91 Å². The minimum atomic E-state index is 0.0469. The molecule has 25 heavy (non-hydrogen) atoms. The van der Waals surface area contributed by atoms with Crippen LogP contribution in [-0.4, -0.2) is 40.3 Å². The molecule has 4 heterocycles. The van der Waals surface area contributed by atoms with Gasteiger partial charge in [0.05, 0.1) is 24.1 Å². The number of hydrogen-bond acceptors (Lipinski definition) is 4. The van der Waals surface area contributed by atoms with Crippen molar-refractivity contribution in [2.45, 2.75) is 45.7 Å². The molecule has 2 aliphatic heterocycles. The van der Waals surface area contributed by atoms with E-state index >= 15 is 0 Å². The second kappa shape index (κ2) is 6.02. The van der Waals surface area contributed by atoms with E-state index in [9.17, 15) is 4.79 Å². The number of nitrogens with zero attached hydrogens (tertiary/aromatic N) is 3. The smallest absolute Gasteiger partial charge is 0.257 e. The lowest BCUT2D eigenvalue weighted by Gasteiger charge is -2.58. The average molecular weight is 343 g/mol. The van der Waals surface area contributed by atoms with E-state index in [0.29, 0.717) is 17.4 Å². The van der Waals surface area contributed by atoms with Crippen LogP contribution in [0.25, 0.3) is 0 Å². The van der Waals surface area contributed by atoms with Crippen LogP contribution in [0.15, 0.2) is 29.1 Å². The lowest BCUT2D eigenvalue weighted by molar-refractivity contribution is -0.115. The molecule has 4 rings (SSSR count). The minimum Gasteiger partial charge on any atom is -0.469 e. The van der Waals surface area contributed by atoms with E-state index in [-0.39, 0.29) is 17.4 Å². The van der Waals surface area contributed by atoms with Crippen LogP contribution in [-0.2, 0) is 4.74 Å². The van der Waals surface area contributed by atoms with Crippen molar-refractivity contribution in [2.75, 3.05) is 19.8 Å². The summed E-state index contributed by atoms with van der Waals surface area (Å²) in [5.74, 6) is 0.722. The van der Waals surface area contributed by atoms with Gasteiger partial charge in [0, 0.05) is 43.0 Å². The second-order valence-electron chi connectivity index (χ2n) is 7.55. The number of rotatable bonds is 3. The van der Waals surface area contributed by atoms with E-state index in [2.05, 4.69) is 25.1 Å². The first kappa shape index (κ1) is 16.4. The summed E-state index contributed by atoms with van der Waals surface area (Å²) in [7, 11) is 0. The van der Waals surface area contributed by atoms with Crippen LogP contribution in [0.2, 0.25) is 0 Å². The lowest BCUT2D eigenvalue weighted by Crippen LogP contribution is -2.62. The van der Waals surface area contributed by atoms with Crippen LogP contribution in [0.3, 0.4) is 0 Å². The predicted molar refractivity (Wildman–Crippen MR) is 92.3 cm³/mol. The largest absolute Gasteiger partial charge is 0.469 e. The molecule has 2 aliphatic rings. The summed E-state index contributed by atoms with van der Waals surface area (Å²) in [5, 5.41) is 4.50. The zero-order valence-corrected chi connectivity index (χ0v) is 15.1. The Kier molecular flexibility index (Phi) is 3.95. The van der Waals surface area contributed by atoms with Crippen LogP contribution >= 0.6 is 0 Å². The highest BCUT2D eigenvalue weighted by molar-refractivity contribution is 5.96. The molecule has 2 fully saturated rings. The van der Waals surface area contributed by atoms with Gasteiger partial charge in [0.2, 0.25) is 0 Å². The third kappa shape index (κ3) is 2.59. The molecule has 6 nitrogen and oxygen atoms in total. The molecule has 0 aliphatic carbocycles. The van der Waals surface area contributed by atoms with E-state index in [1.165, 1.54) is 0 Å². The van der Waals surface area contributed by atoms with Gasteiger partial charge in [0.15, 0.2) is 0 Å². The fraction of sp³-hybridized carbons (Fsp3) is 0.579. The van der Waals surface area contributed by atoms with Crippen molar-refractivity contribution in [1.82, 2.24) is 14.7 Å². The Morgan fingerprint density at radius 1 is 1.36 bits per heavy atom. The molecule has 6 heteroatoms. The van der Waals surface area contributed by atoms with Crippen LogP contribution < -0.4 is 0 Å². The van der Waals surface area contributed by atoms with Gasteiger partial charge >= 0.3 is 0 Å². The summed E-state index contributed by atoms with van der Waals surface area (Å²) >= 11 is 0. The highest BCUT2D eigenvalue weighted by atomic mass is 16.5. The van der Waals surface area contributed by atoms with E-state index in [0.717, 1.165) is 38.2 Å². The van der Waals surface area contributed by atoms with Crippen LogP contribution in [0, 0.1) is 12.3 Å². The first-order chi connectivity index (χ1) is 12.0. The van der Waals surface area contributed by atoms with Crippen LogP contribution in [0.1, 0.15) is 60.5 Å². The van der Waals surface area contributed by atoms with E-state index < -0.39 is 0 Å². The summed E-state index contributed by atoms with van der Waals surface area (Å²) in [6.07, 6.45) is 7.56. The summed E-state index contributed by atoms with van der Waals surface area (Å²) in [6, 6.07) is 2.13. The molecule has 0 N–H and O–H groups in total. The van der Waals surface area contributed by atoms with E-state index in [1.807, 2.05) is 22.7 Å². The third-order valence-electron chi connectivity index (χ3n) is 5.68. The number of furan rings is 1. The van der Waals surface area contributed by atoms with Gasteiger partial charge in [0.1, 0.15) is 5.76 Å². The fourth-order valence-electron chi connectivity index (χ4n) is 4.21. The van der Waals surface area contributed by atoms with Gasteiger partial charge in [-0.05, 0) is 39.7 Å². The third-order valence-corrected chi connectivity index (χ3v) is 5.68. The summed E-state index contributed by atoms with van der Waals surface area (Å²) in [6.45, 7) is 8.36. The topological polar surface area (TPSA) is 60.5 Å². The van der Waals surface area contributed by atoms with Crippen molar-refractivity contribution in [3.63, 3.8) is 0 Å². The average Bonchev–Trinajstić information content (AvgIpc) is 3.22. The number of carbonyl (C=O) groups is 1. The normalized spacial score (nSPS) is 22.4. The lowest BCUT2D eigenvalue weighted by atomic mass is 9.64. The SMILES string of the molecule is Cc1occc1C(=O)N1CC2(CCOCC2)C1c1cnn(C(C)C)c1. The molecule has 134 valence electrons. The highest BCUT2D eigenvalue weighted by Gasteiger charge is 2.56. The van der Waals surface area contributed by atoms with Crippen LogP contribution in [0.4, 0.5) is 0 Å². The highest BCUT2D eigenvalue weighted by Crippen LogP contribution is 2.55. The molecule has 2 aromatic rings. The van der Waals surface area contributed by atoms with Gasteiger partial charge in [-0.3, -0.25) is 9.48 Å². The van der Waals surface area contributed by atoms with Crippen molar-refractivity contribution in [3.05, 3.63) is 41.6 Å². The second-order valence-corrected chi connectivity index (χ2v) is 7.55. The minimum absolute atomic E-state index is 0.0469. The summed E-state index contributed by atoms with van der Waals surface area (Å²) < 4.78 is 12.9. The number of hydrogen-bond donors (Lipinski definition) is 0. The molecule has 0 saturated carbocycles. The van der Waals surface area contributed by atoms with Gasteiger partial charge < -0.3 is 14.1 Å². The maximum atomic E-state index is 13.1. The zero-order valence-electron chi connectivity index (χ0n) is 15.1. The van der Waals surface area contributed by atoms with Crippen molar-refractivity contribution >= 4 is 5.91 Å². The number of aromatic nitrogens is 2. The Morgan fingerprint density at radius 2 is 2.12 bits per heavy atom.